The van der Waals surface area contributed by atoms with Crippen LogP contribution in [0.5, 0.6) is 0 Å². The molecule has 0 N–H and O–H groups in total. The summed E-state index contributed by atoms with van der Waals surface area (Å²) >= 11 is 0. The molecular formula is C15H22N2O. The lowest BCUT2D eigenvalue weighted by molar-refractivity contribution is -0.140. The zero-order valence-electron chi connectivity index (χ0n) is 11.0. The summed E-state index contributed by atoms with van der Waals surface area (Å²) in [4.78, 5) is 14.8. The Morgan fingerprint density at radius 2 is 1.83 bits per heavy atom. The lowest BCUT2D eigenvalue weighted by Crippen LogP contribution is -2.46. The Balaban J connectivity index is 1.78. The Labute approximate surface area is 109 Å². The largest absolute Gasteiger partial charge is 0.338 e. The average Bonchev–Trinajstić information content (AvgIpc) is 3.05. The molecule has 0 aromatic heterocycles. The van der Waals surface area contributed by atoms with Gasteiger partial charge in [-0.05, 0) is 38.0 Å². The van der Waals surface area contributed by atoms with E-state index in [9.17, 15) is 10.1 Å². The minimum absolute atomic E-state index is 0.164. The minimum atomic E-state index is -0.660. The molecule has 0 aromatic carbocycles. The highest BCUT2D eigenvalue weighted by atomic mass is 16.2. The van der Waals surface area contributed by atoms with E-state index >= 15 is 0 Å². The molecule has 0 aromatic rings. The maximum atomic E-state index is 12.8. The molecule has 0 bridgehead atoms. The first-order valence-corrected chi connectivity index (χ1v) is 7.49. The zero-order chi connectivity index (χ0) is 12.6. The highest BCUT2D eigenvalue weighted by Gasteiger charge is 2.48. The van der Waals surface area contributed by atoms with Crippen molar-refractivity contribution in [3.63, 3.8) is 0 Å². The third kappa shape index (κ3) is 1.74. The van der Waals surface area contributed by atoms with Crippen molar-refractivity contribution in [2.75, 3.05) is 6.54 Å². The van der Waals surface area contributed by atoms with E-state index in [4.69, 9.17) is 0 Å². The molecule has 18 heavy (non-hydrogen) atoms. The summed E-state index contributed by atoms with van der Waals surface area (Å²) in [5, 5.41) is 9.45. The molecule has 3 nitrogen and oxygen atoms in total. The third-order valence-electron chi connectivity index (χ3n) is 5.35. The maximum absolute atomic E-state index is 12.8. The Kier molecular flexibility index (Phi) is 3.05. The predicted molar refractivity (Wildman–Crippen MR) is 68.6 cm³/mol. The molecule has 0 radical (unpaired) electrons. The molecule has 3 fully saturated rings. The second kappa shape index (κ2) is 4.57. The van der Waals surface area contributed by atoms with Crippen molar-refractivity contribution >= 4 is 5.91 Å². The number of hydrogen-bond donors (Lipinski definition) is 0. The van der Waals surface area contributed by atoms with Crippen LogP contribution in [-0.2, 0) is 4.79 Å². The van der Waals surface area contributed by atoms with E-state index in [0.29, 0.717) is 6.04 Å². The SMILES string of the molecule is N#CC1(C(=O)N2CCC3CCCCC32)CCCC1. The predicted octanol–water partition coefficient (Wildman–Crippen LogP) is 2.86. The van der Waals surface area contributed by atoms with Crippen molar-refractivity contribution in [2.24, 2.45) is 11.3 Å². The fourth-order valence-electron chi connectivity index (χ4n) is 4.28. The fourth-order valence-corrected chi connectivity index (χ4v) is 4.28. The summed E-state index contributed by atoms with van der Waals surface area (Å²) in [6.07, 6.45) is 9.86. The lowest BCUT2D eigenvalue weighted by Gasteiger charge is -2.35. The molecule has 3 heteroatoms. The van der Waals surface area contributed by atoms with E-state index in [1.165, 1.54) is 19.3 Å². The smallest absolute Gasteiger partial charge is 0.243 e. The van der Waals surface area contributed by atoms with Gasteiger partial charge < -0.3 is 4.90 Å². The number of nitrogens with zero attached hydrogens (tertiary/aromatic N) is 2. The van der Waals surface area contributed by atoms with Crippen LogP contribution in [0.25, 0.3) is 0 Å². The maximum Gasteiger partial charge on any atom is 0.243 e. The van der Waals surface area contributed by atoms with E-state index in [1.54, 1.807) is 0 Å². The van der Waals surface area contributed by atoms with Crippen LogP contribution in [0.15, 0.2) is 0 Å². The van der Waals surface area contributed by atoms with Gasteiger partial charge in [-0.3, -0.25) is 4.79 Å². The lowest BCUT2D eigenvalue weighted by atomic mass is 9.83. The minimum Gasteiger partial charge on any atom is -0.338 e. The Hall–Kier alpha value is -1.04. The highest BCUT2D eigenvalue weighted by Crippen LogP contribution is 2.43. The average molecular weight is 246 g/mol. The number of carbonyl (C=O) groups is 1. The second-order valence-electron chi connectivity index (χ2n) is 6.30. The highest BCUT2D eigenvalue weighted by molar-refractivity contribution is 5.86. The summed E-state index contributed by atoms with van der Waals surface area (Å²) in [6, 6.07) is 2.81. The van der Waals surface area contributed by atoms with Gasteiger partial charge in [0.15, 0.2) is 0 Å². The van der Waals surface area contributed by atoms with Crippen molar-refractivity contribution in [3.05, 3.63) is 0 Å². The zero-order valence-corrected chi connectivity index (χ0v) is 11.0. The van der Waals surface area contributed by atoms with Gasteiger partial charge in [-0.15, -0.1) is 0 Å². The van der Waals surface area contributed by atoms with Crippen LogP contribution < -0.4 is 0 Å². The molecule has 3 aliphatic rings. The van der Waals surface area contributed by atoms with E-state index in [1.807, 2.05) is 0 Å². The van der Waals surface area contributed by atoms with Gasteiger partial charge in [0.25, 0.3) is 0 Å². The number of fused-ring (bicyclic) bond motifs is 1. The summed E-state index contributed by atoms with van der Waals surface area (Å²) < 4.78 is 0. The molecule has 98 valence electrons. The van der Waals surface area contributed by atoms with Crippen LogP contribution >= 0.6 is 0 Å². The van der Waals surface area contributed by atoms with Crippen molar-refractivity contribution in [1.29, 1.82) is 5.26 Å². The van der Waals surface area contributed by atoms with E-state index in [-0.39, 0.29) is 5.91 Å². The molecular weight excluding hydrogens is 224 g/mol. The number of likely N-dealkylation sites (tertiary alicyclic amines) is 1. The topological polar surface area (TPSA) is 44.1 Å². The number of rotatable bonds is 1. The van der Waals surface area contributed by atoms with Gasteiger partial charge in [0, 0.05) is 12.6 Å². The van der Waals surface area contributed by atoms with Gasteiger partial charge in [-0.2, -0.15) is 5.26 Å². The van der Waals surface area contributed by atoms with Crippen molar-refractivity contribution < 1.29 is 4.79 Å². The first kappa shape index (κ1) is 12.0. The molecule has 1 heterocycles. The van der Waals surface area contributed by atoms with Gasteiger partial charge in [-0.1, -0.05) is 25.7 Å². The Morgan fingerprint density at radius 3 is 2.56 bits per heavy atom. The van der Waals surface area contributed by atoms with E-state index in [2.05, 4.69) is 11.0 Å². The summed E-state index contributed by atoms with van der Waals surface area (Å²) in [5.74, 6) is 0.886. The van der Waals surface area contributed by atoms with Crippen molar-refractivity contribution in [1.82, 2.24) is 4.90 Å². The Morgan fingerprint density at radius 1 is 1.11 bits per heavy atom. The van der Waals surface area contributed by atoms with Gasteiger partial charge >= 0.3 is 0 Å². The molecule has 2 atom stereocenters. The number of carbonyl (C=O) groups excluding carboxylic acids is 1. The monoisotopic (exact) mass is 246 g/mol. The van der Waals surface area contributed by atoms with Crippen molar-refractivity contribution in [3.8, 4) is 6.07 Å². The van der Waals surface area contributed by atoms with E-state index in [0.717, 1.165) is 51.0 Å². The molecule has 3 rings (SSSR count). The Bertz CT molecular complexity index is 378. The fraction of sp³-hybridized carbons (Fsp3) is 0.867. The van der Waals surface area contributed by atoms with Crippen LogP contribution in [0.3, 0.4) is 0 Å². The van der Waals surface area contributed by atoms with Crippen LogP contribution in [0, 0.1) is 22.7 Å². The molecule has 1 amide bonds. The van der Waals surface area contributed by atoms with E-state index < -0.39 is 5.41 Å². The van der Waals surface area contributed by atoms with Gasteiger partial charge in [0.05, 0.1) is 6.07 Å². The van der Waals surface area contributed by atoms with Crippen molar-refractivity contribution in [2.45, 2.75) is 63.8 Å². The van der Waals surface area contributed by atoms with Crippen LogP contribution in [0.2, 0.25) is 0 Å². The third-order valence-corrected chi connectivity index (χ3v) is 5.35. The number of amides is 1. The molecule has 2 aliphatic carbocycles. The molecule has 2 unspecified atom stereocenters. The van der Waals surface area contributed by atoms with Gasteiger partial charge in [0.2, 0.25) is 5.91 Å². The van der Waals surface area contributed by atoms with Crippen LogP contribution in [-0.4, -0.2) is 23.4 Å². The molecule has 2 saturated carbocycles. The van der Waals surface area contributed by atoms with Gasteiger partial charge in [0.1, 0.15) is 5.41 Å². The van der Waals surface area contributed by atoms with Crippen LogP contribution in [0.4, 0.5) is 0 Å². The normalized spacial score (nSPS) is 34.1. The quantitative estimate of drug-likeness (QED) is 0.714. The van der Waals surface area contributed by atoms with Gasteiger partial charge in [-0.25, -0.2) is 0 Å². The summed E-state index contributed by atoms with van der Waals surface area (Å²) in [7, 11) is 0. The standard InChI is InChI=1S/C15H22N2O/c16-11-15(8-3-4-9-15)14(18)17-10-7-12-5-1-2-6-13(12)17/h12-13H,1-10H2. The summed E-state index contributed by atoms with van der Waals surface area (Å²) in [6.45, 7) is 0.900. The first-order valence-electron chi connectivity index (χ1n) is 7.49. The van der Waals surface area contributed by atoms with Crippen LogP contribution in [0.1, 0.15) is 57.8 Å². The number of nitriles is 1. The first-order chi connectivity index (χ1) is 8.77. The molecule has 1 saturated heterocycles. The summed E-state index contributed by atoms with van der Waals surface area (Å²) in [5.41, 5.74) is -0.660. The molecule has 1 aliphatic heterocycles. The number of hydrogen-bond acceptors (Lipinski definition) is 2. The molecule has 0 spiro atoms. The second-order valence-corrected chi connectivity index (χ2v) is 6.30.